The SMILES string of the molecule is O=C(Nc1ccsc1)N(c1ccccc1)c1cncnc1. The van der Waals surface area contributed by atoms with Gasteiger partial charge in [0, 0.05) is 5.38 Å². The highest BCUT2D eigenvalue weighted by atomic mass is 32.1. The van der Waals surface area contributed by atoms with Crippen molar-refractivity contribution >= 4 is 34.4 Å². The van der Waals surface area contributed by atoms with E-state index in [0.29, 0.717) is 5.69 Å². The average Bonchev–Trinajstić information content (AvgIpc) is 3.02. The molecule has 2 aromatic heterocycles. The summed E-state index contributed by atoms with van der Waals surface area (Å²) in [4.78, 5) is 22.1. The number of urea groups is 1. The average molecular weight is 296 g/mol. The minimum Gasteiger partial charge on any atom is -0.306 e. The summed E-state index contributed by atoms with van der Waals surface area (Å²) in [7, 11) is 0. The highest BCUT2D eigenvalue weighted by Gasteiger charge is 2.18. The minimum atomic E-state index is -0.255. The summed E-state index contributed by atoms with van der Waals surface area (Å²) in [5.41, 5.74) is 2.12. The number of nitrogens with one attached hydrogen (secondary N) is 1. The number of rotatable bonds is 3. The first-order valence-corrected chi connectivity index (χ1v) is 7.22. The van der Waals surface area contributed by atoms with Crippen LogP contribution in [0.5, 0.6) is 0 Å². The first-order chi connectivity index (χ1) is 10.3. The van der Waals surface area contributed by atoms with E-state index in [0.717, 1.165) is 11.4 Å². The Bertz CT molecular complexity index is 662. The number of aromatic nitrogens is 2. The summed E-state index contributed by atoms with van der Waals surface area (Å²) < 4.78 is 0. The lowest BCUT2D eigenvalue weighted by atomic mass is 10.3. The fourth-order valence-electron chi connectivity index (χ4n) is 1.88. The molecule has 0 saturated heterocycles. The topological polar surface area (TPSA) is 58.1 Å². The van der Waals surface area contributed by atoms with Crippen LogP contribution in [0.2, 0.25) is 0 Å². The highest BCUT2D eigenvalue weighted by molar-refractivity contribution is 7.08. The van der Waals surface area contributed by atoms with Crippen LogP contribution < -0.4 is 10.2 Å². The molecule has 6 heteroatoms. The monoisotopic (exact) mass is 296 g/mol. The quantitative estimate of drug-likeness (QED) is 0.797. The van der Waals surface area contributed by atoms with Crippen molar-refractivity contribution < 1.29 is 4.79 Å². The van der Waals surface area contributed by atoms with Gasteiger partial charge in [-0.1, -0.05) is 18.2 Å². The van der Waals surface area contributed by atoms with Gasteiger partial charge in [-0.25, -0.2) is 14.8 Å². The number of benzene rings is 1. The van der Waals surface area contributed by atoms with Gasteiger partial charge in [-0.05, 0) is 23.6 Å². The van der Waals surface area contributed by atoms with Crippen molar-refractivity contribution in [2.24, 2.45) is 0 Å². The molecule has 0 saturated carbocycles. The summed E-state index contributed by atoms with van der Waals surface area (Å²) in [5, 5.41) is 6.65. The van der Waals surface area contributed by atoms with Gasteiger partial charge < -0.3 is 5.32 Å². The molecule has 0 atom stereocenters. The zero-order valence-corrected chi connectivity index (χ0v) is 11.8. The first-order valence-electron chi connectivity index (χ1n) is 6.28. The first kappa shape index (κ1) is 13.3. The number of carbonyl (C=O) groups excluding carboxylic acids is 1. The number of anilines is 3. The minimum absolute atomic E-state index is 0.255. The van der Waals surface area contributed by atoms with Crippen molar-refractivity contribution in [2.75, 3.05) is 10.2 Å². The Labute approximate surface area is 125 Å². The molecule has 0 aliphatic heterocycles. The molecular formula is C15H12N4OS. The number of nitrogens with zero attached hydrogens (tertiary/aromatic N) is 3. The lowest BCUT2D eigenvalue weighted by Crippen LogP contribution is -2.30. The van der Waals surface area contributed by atoms with Gasteiger partial charge in [0.1, 0.15) is 6.33 Å². The standard InChI is InChI=1S/C15H12N4OS/c20-15(18-12-6-7-21-10-12)19(13-4-2-1-3-5-13)14-8-16-11-17-9-14/h1-11H,(H,18,20). The van der Waals surface area contributed by atoms with Gasteiger partial charge in [0.15, 0.2) is 0 Å². The molecule has 0 radical (unpaired) electrons. The van der Waals surface area contributed by atoms with Crippen LogP contribution in [-0.4, -0.2) is 16.0 Å². The van der Waals surface area contributed by atoms with Crippen LogP contribution in [0.1, 0.15) is 0 Å². The van der Waals surface area contributed by atoms with Gasteiger partial charge in [0.2, 0.25) is 0 Å². The molecule has 0 aliphatic carbocycles. The number of carbonyl (C=O) groups is 1. The Morgan fingerprint density at radius 1 is 1.05 bits per heavy atom. The van der Waals surface area contributed by atoms with Gasteiger partial charge >= 0.3 is 6.03 Å². The second-order valence-corrected chi connectivity index (χ2v) is 4.99. The second kappa shape index (κ2) is 6.15. The van der Waals surface area contributed by atoms with E-state index in [1.54, 1.807) is 12.4 Å². The molecule has 1 N–H and O–H groups in total. The Morgan fingerprint density at radius 3 is 2.48 bits per heavy atom. The third-order valence-corrected chi connectivity index (χ3v) is 3.48. The van der Waals surface area contributed by atoms with E-state index in [4.69, 9.17) is 0 Å². The molecular weight excluding hydrogens is 284 g/mol. The molecule has 0 fully saturated rings. The molecule has 3 rings (SSSR count). The fraction of sp³-hybridized carbons (Fsp3) is 0. The number of thiophene rings is 1. The third-order valence-electron chi connectivity index (χ3n) is 2.80. The van der Waals surface area contributed by atoms with Crippen molar-refractivity contribution in [2.45, 2.75) is 0 Å². The van der Waals surface area contributed by atoms with Gasteiger partial charge in [-0.15, -0.1) is 0 Å². The summed E-state index contributed by atoms with van der Waals surface area (Å²) in [5.74, 6) is 0. The third kappa shape index (κ3) is 3.06. The second-order valence-electron chi connectivity index (χ2n) is 4.21. The van der Waals surface area contributed by atoms with Gasteiger partial charge in [0.25, 0.3) is 0 Å². The molecule has 21 heavy (non-hydrogen) atoms. The Hall–Kier alpha value is -2.73. The maximum Gasteiger partial charge on any atom is 0.331 e. The van der Waals surface area contributed by atoms with E-state index in [1.165, 1.54) is 22.6 Å². The van der Waals surface area contributed by atoms with E-state index >= 15 is 0 Å². The number of hydrogen-bond acceptors (Lipinski definition) is 4. The molecule has 3 aromatic rings. The van der Waals surface area contributed by atoms with Crippen LogP contribution in [0.3, 0.4) is 0 Å². The lowest BCUT2D eigenvalue weighted by molar-refractivity contribution is 0.259. The molecule has 0 aliphatic rings. The largest absolute Gasteiger partial charge is 0.331 e. The number of amides is 2. The molecule has 2 heterocycles. The van der Waals surface area contributed by atoms with Crippen molar-refractivity contribution in [3.63, 3.8) is 0 Å². The van der Waals surface area contributed by atoms with Crippen LogP contribution in [0.4, 0.5) is 21.9 Å². The smallest absolute Gasteiger partial charge is 0.306 e. The predicted molar refractivity (Wildman–Crippen MR) is 84.0 cm³/mol. The van der Waals surface area contributed by atoms with Gasteiger partial charge in [-0.2, -0.15) is 11.3 Å². The molecule has 0 bridgehead atoms. The van der Waals surface area contributed by atoms with E-state index in [-0.39, 0.29) is 6.03 Å². The molecule has 0 unspecified atom stereocenters. The number of hydrogen-bond donors (Lipinski definition) is 1. The Balaban J connectivity index is 1.95. The molecule has 104 valence electrons. The van der Waals surface area contributed by atoms with Crippen molar-refractivity contribution in [1.82, 2.24) is 9.97 Å². The van der Waals surface area contributed by atoms with Gasteiger partial charge in [0.05, 0.1) is 29.5 Å². The van der Waals surface area contributed by atoms with Crippen LogP contribution >= 0.6 is 11.3 Å². The molecule has 0 spiro atoms. The Kier molecular flexibility index (Phi) is 3.88. The maximum absolute atomic E-state index is 12.6. The van der Waals surface area contributed by atoms with Crippen molar-refractivity contribution in [1.29, 1.82) is 0 Å². The summed E-state index contributed by atoms with van der Waals surface area (Å²) in [6.07, 6.45) is 4.64. The van der Waals surface area contributed by atoms with E-state index in [2.05, 4.69) is 15.3 Å². The molecule has 5 nitrogen and oxygen atoms in total. The van der Waals surface area contributed by atoms with Crippen LogP contribution in [0.15, 0.2) is 65.9 Å². The predicted octanol–water partition coefficient (Wildman–Crippen LogP) is 3.91. The van der Waals surface area contributed by atoms with Crippen LogP contribution in [0, 0.1) is 0 Å². The van der Waals surface area contributed by atoms with Crippen LogP contribution in [-0.2, 0) is 0 Å². The summed E-state index contributed by atoms with van der Waals surface area (Å²) >= 11 is 1.53. The Morgan fingerprint density at radius 2 is 1.81 bits per heavy atom. The van der Waals surface area contributed by atoms with Crippen LogP contribution in [0.25, 0.3) is 0 Å². The summed E-state index contributed by atoms with van der Waals surface area (Å²) in [6.45, 7) is 0. The van der Waals surface area contributed by atoms with Gasteiger partial charge in [-0.3, -0.25) is 4.90 Å². The van der Waals surface area contributed by atoms with E-state index < -0.39 is 0 Å². The highest BCUT2D eigenvalue weighted by Crippen LogP contribution is 2.25. The van der Waals surface area contributed by atoms with E-state index in [1.807, 2.05) is 47.2 Å². The van der Waals surface area contributed by atoms with Crippen molar-refractivity contribution in [3.8, 4) is 0 Å². The zero-order chi connectivity index (χ0) is 14.5. The zero-order valence-electron chi connectivity index (χ0n) is 11.0. The maximum atomic E-state index is 12.6. The summed E-state index contributed by atoms with van der Waals surface area (Å²) in [6, 6.07) is 11.0. The van der Waals surface area contributed by atoms with E-state index in [9.17, 15) is 4.79 Å². The number of para-hydroxylation sites is 1. The molecule has 1 aromatic carbocycles. The normalized spacial score (nSPS) is 10.1. The van der Waals surface area contributed by atoms with Crippen molar-refractivity contribution in [3.05, 3.63) is 65.9 Å². The fourth-order valence-corrected chi connectivity index (χ4v) is 2.47. The lowest BCUT2D eigenvalue weighted by Gasteiger charge is -2.22. The molecule has 2 amide bonds.